The van der Waals surface area contributed by atoms with Crippen molar-refractivity contribution in [2.45, 2.75) is 52.0 Å². The van der Waals surface area contributed by atoms with Crippen LogP contribution in [0.4, 0.5) is 0 Å². The van der Waals surface area contributed by atoms with Crippen molar-refractivity contribution in [3.05, 3.63) is 22.4 Å². The van der Waals surface area contributed by atoms with Crippen LogP contribution in [0, 0.1) is 11.8 Å². The quantitative estimate of drug-likeness (QED) is 0.805. The summed E-state index contributed by atoms with van der Waals surface area (Å²) in [6, 6.07) is 5.10. The average molecular weight is 251 g/mol. The first-order valence-electron chi connectivity index (χ1n) is 7.08. The molecular weight excluding hydrogens is 226 g/mol. The van der Waals surface area contributed by atoms with E-state index in [-0.39, 0.29) is 0 Å². The summed E-state index contributed by atoms with van der Waals surface area (Å²) in [7, 11) is 0. The van der Waals surface area contributed by atoms with E-state index in [0.717, 1.165) is 18.4 Å². The van der Waals surface area contributed by atoms with Gasteiger partial charge in [-0.05, 0) is 49.1 Å². The smallest absolute Gasteiger partial charge is 0.0443 e. The zero-order chi connectivity index (χ0) is 12.1. The van der Waals surface area contributed by atoms with Crippen LogP contribution in [0.15, 0.2) is 17.5 Å². The van der Waals surface area contributed by atoms with Crippen molar-refractivity contribution in [2.75, 3.05) is 6.54 Å². The fraction of sp³-hybridized carbons (Fsp3) is 0.733. The molecule has 1 aliphatic rings. The van der Waals surface area contributed by atoms with E-state index in [0.29, 0.717) is 6.04 Å². The minimum atomic E-state index is 0.613. The summed E-state index contributed by atoms with van der Waals surface area (Å²) in [5.74, 6) is 1.80. The zero-order valence-corrected chi connectivity index (χ0v) is 11.9. The molecule has 0 aromatic carbocycles. The molecule has 0 amide bonds. The molecule has 2 heteroatoms. The highest BCUT2D eigenvalue weighted by atomic mass is 32.1. The molecule has 1 aromatic heterocycles. The van der Waals surface area contributed by atoms with E-state index in [1.54, 1.807) is 0 Å². The van der Waals surface area contributed by atoms with Gasteiger partial charge >= 0.3 is 0 Å². The van der Waals surface area contributed by atoms with Crippen molar-refractivity contribution < 1.29 is 0 Å². The number of thiophene rings is 1. The van der Waals surface area contributed by atoms with Gasteiger partial charge in [-0.3, -0.25) is 0 Å². The zero-order valence-electron chi connectivity index (χ0n) is 11.1. The molecule has 1 nitrogen and oxygen atoms in total. The van der Waals surface area contributed by atoms with E-state index in [1.165, 1.54) is 37.0 Å². The second kappa shape index (κ2) is 6.55. The van der Waals surface area contributed by atoms with Gasteiger partial charge in [-0.1, -0.05) is 32.8 Å². The molecule has 0 radical (unpaired) electrons. The summed E-state index contributed by atoms with van der Waals surface area (Å²) < 4.78 is 0. The van der Waals surface area contributed by atoms with Crippen molar-refractivity contribution in [1.82, 2.24) is 5.32 Å². The standard InChI is InChI=1S/C15H25NS/c1-3-10-16-15(14-5-4-11-17-14)13-8-6-12(2)7-9-13/h4-5,11-13,15-16H,3,6-10H2,1-2H3. The van der Waals surface area contributed by atoms with Crippen LogP contribution in [0.1, 0.15) is 56.9 Å². The Bertz CT molecular complexity index is 299. The Kier molecular flexibility index (Phi) is 5.05. The minimum absolute atomic E-state index is 0.613. The first kappa shape index (κ1) is 13.1. The molecule has 0 saturated heterocycles. The molecule has 1 heterocycles. The third-order valence-electron chi connectivity index (χ3n) is 4.00. The molecular formula is C15H25NS. The van der Waals surface area contributed by atoms with E-state index in [9.17, 15) is 0 Å². The maximum absolute atomic E-state index is 3.77. The largest absolute Gasteiger partial charge is 0.309 e. The second-order valence-electron chi connectivity index (χ2n) is 5.47. The molecule has 17 heavy (non-hydrogen) atoms. The van der Waals surface area contributed by atoms with Gasteiger partial charge < -0.3 is 5.32 Å². The fourth-order valence-electron chi connectivity index (χ4n) is 2.89. The van der Waals surface area contributed by atoms with Crippen LogP contribution in [0.25, 0.3) is 0 Å². The Labute approximate surface area is 110 Å². The SMILES string of the molecule is CCCNC(c1cccs1)C1CCC(C)CC1. The highest BCUT2D eigenvalue weighted by Crippen LogP contribution is 2.38. The Morgan fingerprint density at radius 1 is 1.35 bits per heavy atom. The summed E-state index contributed by atoms with van der Waals surface area (Å²) in [6.07, 6.45) is 6.87. The van der Waals surface area contributed by atoms with Crippen LogP contribution in [0.5, 0.6) is 0 Å². The molecule has 1 aromatic rings. The number of nitrogens with one attached hydrogen (secondary N) is 1. The minimum Gasteiger partial charge on any atom is -0.309 e. The maximum atomic E-state index is 3.77. The van der Waals surface area contributed by atoms with Gasteiger partial charge in [-0.2, -0.15) is 0 Å². The lowest BCUT2D eigenvalue weighted by atomic mass is 9.79. The van der Waals surface area contributed by atoms with Gasteiger partial charge in [0.25, 0.3) is 0 Å². The Morgan fingerprint density at radius 2 is 2.12 bits per heavy atom. The summed E-state index contributed by atoms with van der Waals surface area (Å²) in [6.45, 7) is 5.80. The maximum Gasteiger partial charge on any atom is 0.0443 e. The van der Waals surface area contributed by atoms with E-state index in [1.807, 2.05) is 11.3 Å². The van der Waals surface area contributed by atoms with Gasteiger partial charge in [0.05, 0.1) is 0 Å². The van der Waals surface area contributed by atoms with Crippen LogP contribution in [-0.2, 0) is 0 Å². The van der Waals surface area contributed by atoms with E-state index in [4.69, 9.17) is 0 Å². The topological polar surface area (TPSA) is 12.0 Å². The van der Waals surface area contributed by atoms with Crippen LogP contribution < -0.4 is 5.32 Å². The van der Waals surface area contributed by atoms with Crippen molar-refractivity contribution in [1.29, 1.82) is 0 Å². The first-order valence-corrected chi connectivity index (χ1v) is 7.96. The molecule has 1 fully saturated rings. The van der Waals surface area contributed by atoms with Crippen molar-refractivity contribution in [3.8, 4) is 0 Å². The summed E-state index contributed by atoms with van der Waals surface area (Å²) in [5.41, 5.74) is 0. The molecule has 1 N–H and O–H groups in total. The van der Waals surface area contributed by atoms with E-state index in [2.05, 4.69) is 36.7 Å². The van der Waals surface area contributed by atoms with Gasteiger partial charge in [-0.15, -0.1) is 11.3 Å². The highest BCUT2D eigenvalue weighted by Gasteiger charge is 2.27. The number of rotatable bonds is 5. The van der Waals surface area contributed by atoms with Crippen LogP contribution >= 0.6 is 11.3 Å². The van der Waals surface area contributed by atoms with Crippen LogP contribution in [-0.4, -0.2) is 6.54 Å². The van der Waals surface area contributed by atoms with Crippen molar-refractivity contribution in [2.24, 2.45) is 11.8 Å². The van der Waals surface area contributed by atoms with Gasteiger partial charge in [0.2, 0.25) is 0 Å². The summed E-state index contributed by atoms with van der Waals surface area (Å²) >= 11 is 1.91. The summed E-state index contributed by atoms with van der Waals surface area (Å²) in [4.78, 5) is 1.54. The molecule has 1 aliphatic carbocycles. The lowest BCUT2D eigenvalue weighted by Gasteiger charge is -2.33. The van der Waals surface area contributed by atoms with Gasteiger partial charge in [0, 0.05) is 10.9 Å². The molecule has 1 atom stereocenters. The van der Waals surface area contributed by atoms with E-state index < -0.39 is 0 Å². The summed E-state index contributed by atoms with van der Waals surface area (Å²) in [5, 5.41) is 5.98. The van der Waals surface area contributed by atoms with Crippen molar-refractivity contribution in [3.63, 3.8) is 0 Å². The van der Waals surface area contributed by atoms with E-state index >= 15 is 0 Å². The Morgan fingerprint density at radius 3 is 2.71 bits per heavy atom. The van der Waals surface area contributed by atoms with Gasteiger partial charge in [0.1, 0.15) is 0 Å². The number of hydrogen-bond acceptors (Lipinski definition) is 2. The molecule has 0 bridgehead atoms. The third kappa shape index (κ3) is 3.56. The lowest BCUT2D eigenvalue weighted by molar-refractivity contribution is 0.233. The average Bonchev–Trinajstić information content (AvgIpc) is 2.85. The molecule has 0 spiro atoms. The number of hydrogen-bond donors (Lipinski definition) is 1. The van der Waals surface area contributed by atoms with Gasteiger partial charge in [0.15, 0.2) is 0 Å². The van der Waals surface area contributed by atoms with Gasteiger partial charge in [-0.25, -0.2) is 0 Å². The van der Waals surface area contributed by atoms with Crippen LogP contribution in [0.2, 0.25) is 0 Å². The lowest BCUT2D eigenvalue weighted by Crippen LogP contribution is -2.30. The molecule has 2 rings (SSSR count). The first-order chi connectivity index (χ1) is 8.31. The molecule has 1 saturated carbocycles. The predicted octanol–water partition coefficient (Wildman–Crippen LogP) is 4.62. The predicted molar refractivity (Wildman–Crippen MR) is 76.5 cm³/mol. The molecule has 96 valence electrons. The molecule has 0 aliphatic heterocycles. The van der Waals surface area contributed by atoms with Crippen molar-refractivity contribution >= 4 is 11.3 Å². The molecule has 1 unspecified atom stereocenters. The van der Waals surface area contributed by atoms with Crippen LogP contribution in [0.3, 0.4) is 0 Å². The Balaban J connectivity index is 2.00. The fourth-order valence-corrected chi connectivity index (χ4v) is 3.78. The third-order valence-corrected chi connectivity index (χ3v) is 4.95. The normalized spacial score (nSPS) is 26.9. The Hall–Kier alpha value is -0.340. The highest BCUT2D eigenvalue weighted by molar-refractivity contribution is 7.10. The monoisotopic (exact) mass is 251 g/mol. The second-order valence-corrected chi connectivity index (χ2v) is 6.45.